The van der Waals surface area contributed by atoms with Gasteiger partial charge in [-0.3, -0.25) is 19.8 Å². The minimum atomic E-state index is -0.482. The Labute approximate surface area is 169 Å². The van der Waals surface area contributed by atoms with Crippen molar-refractivity contribution in [2.45, 2.75) is 38.8 Å². The number of carbonyl (C=O) groups is 1. The first-order chi connectivity index (χ1) is 13.5. The predicted molar refractivity (Wildman–Crippen MR) is 106 cm³/mol. The van der Waals surface area contributed by atoms with E-state index in [1.807, 2.05) is 6.92 Å². The number of aromatic nitrogens is 3. The number of nitrogens with one attached hydrogen (secondary N) is 1. The van der Waals surface area contributed by atoms with Crippen LogP contribution in [0.25, 0.3) is 0 Å². The van der Waals surface area contributed by atoms with Crippen molar-refractivity contribution in [3.8, 4) is 0 Å². The van der Waals surface area contributed by atoms with Crippen LogP contribution in [0.2, 0.25) is 5.02 Å². The molecule has 150 valence electrons. The molecule has 0 saturated carbocycles. The SMILES string of the molecule is Cc1[nH]nc(CN2CCC3(CC2)CC(O)CN(C(=O)c2cccnc2)C3)c1Cl. The molecule has 0 radical (unpaired) electrons. The van der Waals surface area contributed by atoms with E-state index in [1.165, 1.54) is 0 Å². The predicted octanol–water partition coefficient (Wildman–Crippen LogP) is 2.26. The largest absolute Gasteiger partial charge is 0.391 e. The number of aryl methyl sites for hydroxylation is 1. The van der Waals surface area contributed by atoms with Gasteiger partial charge in [0.15, 0.2) is 0 Å². The zero-order valence-electron chi connectivity index (χ0n) is 16.1. The van der Waals surface area contributed by atoms with Gasteiger partial charge in [-0.15, -0.1) is 0 Å². The van der Waals surface area contributed by atoms with Gasteiger partial charge in [0, 0.05) is 32.0 Å². The quantitative estimate of drug-likeness (QED) is 0.821. The van der Waals surface area contributed by atoms with Crippen molar-refractivity contribution in [3.05, 3.63) is 46.5 Å². The third-order valence-corrected chi connectivity index (χ3v) is 6.55. The summed E-state index contributed by atoms with van der Waals surface area (Å²) in [5.41, 5.74) is 2.32. The smallest absolute Gasteiger partial charge is 0.255 e. The molecule has 1 amide bonds. The molecule has 1 atom stereocenters. The Hall–Kier alpha value is -1.96. The number of pyridine rings is 1. The topological polar surface area (TPSA) is 85.4 Å². The molecule has 1 spiro atoms. The van der Waals surface area contributed by atoms with Crippen molar-refractivity contribution in [2.75, 3.05) is 26.2 Å². The van der Waals surface area contributed by atoms with Crippen molar-refractivity contribution < 1.29 is 9.90 Å². The summed E-state index contributed by atoms with van der Waals surface area (Å²) in [6, 6.07) is 3.55. The van der Waals surface area contributed by atoms with Gasteiger partial charge in [-0.1, -0.05) is 11.6 Å². The van der Waals surface area contributed by atoms with Crippen LogP contribution in [0.3, 0.4) is 0 Å². The van der Waals surface area contributed by atoms with Gasteiger partial charge < -0.3 is 10.0 Å². The summed E-state index contributed by atoms with van der Waals surface area (Å²) in [6.07, 6.45) is 5.41. The summed E-state index contributed by atoms with van der Waals surface area (Å²) in [7, 11) is 0. The van der Waals surface area contributed by atoms with E-state index in [4.69, 9.17) is 11.6 Å². The molecule has 0 aromatic carbocycles. The summed E-state index contributed by atoms with van der Waals surface area (Å²) in [5.74, 6) is -0.0487. The number of nitrogens with zero attached hydrogens (tertiary/aromatic N) is 4. The summed E-state index contributed by atoms with van der Waals surface area (Å²) in [6.45, 7) is 5.53. The number of carbonyl (C=O) groups excluding carboxylic acids is 1. The van der Waals surface area contributed by atoms with Crippen molar-refractivity contribution in [2.24, 2.45) is 5.41 Å². The van der Waals surface area contributed by atoms with E-state index < -0.39 is 6.10 Å². The minimum absolute atomic E-state index is 0.0304. The molecule has 2 saturated heterocycles. The number of piperidine rings is 2. The fourth-order valence-electron chi connectivity index (χ4n) is 4.51. The first-order valence-electron chi connectivity index (χ1n) is 9.75. The Morgan fingerprint density at radius 2 is 2.21 bits per heavy atom. The molecular weight excluding hydrogens is 378 g/mol. The van der Waals surface area contributed by atoms with E-state index in [9.17, 15) is 9.90 Å². The highest BCUT2D eigenvalue weighted by Gasteiger charge is 2.43. The van der Waals surface area contributed by atoms with Crippen molar-refractivity contribution in [1.29, 1.82) is 0 Å². The second kappa shape index (κ2) is 7.81. The zero-order valence-corrected chi connectivity index (χ0v) is 16.8. The maximum atomic E-state index is 12.9. The Morgan fingerprint density at radius 1 is 1.43 bits per heavy atom. The van der Waals surface area contributed by atoms with Gasteiger partial charge in [0.2, 0.25) is 0 Å². The van der Waals surface area contributed by atoms with Gasteiger partial charge in [-0.25, -0.2) is 0 Å². The number of amides is 1. The number of H-pyrrole nitrogens is 1. The maximum Gasteiger partial charge on any atom is 0.255 e. The second-order valence-corrected chi connectivity index (χ2v) is 8.55. The Morgan fingerprint density at radius 3 is 2.86 bits per heavy atom. The standard InChI is InChI=1S/C20H26ClN5O2/c1-14-18(21)17(24-23-14)12-25-7-4-20(5-8-25)9-16(27)11-26(13-20)19(28)15-3-2-6-22-10-15/h2-3,6,10,16,27H,4-5,7-9,11-13H2,1H3,(H,23,24). The third kappa shape index (κ3) is 3.92. The summed E-state index contributed by atoms with van der Waals surface area (Å²) in [5, 5.41) is 18.4. The summed E-state index contributed by atoms with van der Waals surface area (Å²) < 4.78 is 0. The molecule has 28 heavy (non-hydrogen) atoms. The van der Waals surface area contributed by atoms with Crippen molar-refractivity contribution in [3.63, 3.8) is 0 Å². The fourth-order valence-corrected chi connectivity index (χ4v) is 4.65. The van der Waals surface area contributed by atoms with E-state index >= 15 is 0 Å². The average molecular weight is 404 g/mol. The normalized spacial score (nSPS) is 22.5. The molecule has 2 aromatic heterocycles. The molecule has 1 unspecified atom stereocenters. The van der Waals surface area contributed by atoms with E-state index in [1.54, 1.807) is 29.4 Å². The average Bonchev–Trinajstić information content (AvgIpc) is 3.01. The van der Waals surface area contributed by atoms with E-state index in [2.05, 4.69) is 20.1 Å². The van der Waals surface area contributed by atoms with Gasteiger partial charge in [0.05, 0.1) is 28.1 Å². The molecule has 2 aliphatic heterocycles. The molecule has 4 rings (SSSR count). The Bertz CT molecular complexity index is 832. The number of hydrogen-bond acceptors (Lipinski definition) is 5. The van der Waals surface area contributed by atoms with Crippen LogP contribution in [0.4, 0.5) is 0 Å². The number of rotatable bonds is 3. The lowest BCUT2D eigenvalue weighted by Crippen LogP contribution is -2.55. The third-order valence-electron chi connectivity index (χ3n) is 6.05. The molecule has 2 N–H and O–H groups in total. The van der Waals surface area contributed by atoms with E-state index in [-0.39, 0.29) is 11.3 Å². The highest BCUT2D eigenvalue weighted by molar-refractivity contribution is 6.31. The van der Waals surface area contributed by atoms with E-state index in [0.29, 0.717) is 23.7 Å². The summed E-state index contributed by atoms with van der Waals surface area (Å²) in [4.78, 5) is 21.0. The minimum Gasteiger partial charge on any atom is -0.391 e. The van der Waals surface area contributed by atoms with Gasteiger partial charge in [-0.2, -0.15) is 5.10 Å². The first-order valence-corrected chi connectivity index (χ1v) is 10.1. The number of halogens is 1. The van der Waals surface area contributed by atoms with Gasteiger partial charge in [-0.05, 0) is 56.8 Å². The highest BCUT2D eigenvalue weighted by atomic mass is 35.5. The maximum absolute atomic E-state index is 12.9. The molecule has 0 aliphatic carbocycles. The van der Waals surface area contributed by atoms with Gasteiger partial charge >= 0.3 is 0 Å². The molecule has 2 aromatic rings. The number of aromatic amines is 1. The van der Waals surface area contributed by atoms with Crippen molar-refractivity contribution >= 4 is 17.5 Å². The molecule has 2 aliphatic rings. The van der Waals surface area contributed by atoms with Crippen LogP contribution in [0.5, 0.6) is 0 Å². The monoisotopic (exact) mass is 403 g/mol. The number of hydrogen-bond donors (Lipinski definition) is 2. The number of aliphatic hydroxyl groups is 1. The van der Waals surface area contributed by atoms with Crippen LogP contribution in [0.15, 0.2) is 24.5 Å². The lowest BCUT2D eigenvalue weighted by atomic mass is 9.71. The molecule has 4 heterocycles. The van der Waals surface area contributed by atoms with Crippen LogP contribution in [-0.2, 0) is 6.54 Å². The van der Waals surface area contributed by atoms with Gasteiger partial charge in [0.25, 0.3) is 5.91 Å². The summed E-state index contributed by atoms with van der Waals surface area (Å²) >= 11 is 6.30. The molecule has 7 nitrogen and oxygen atoms in total. The second-order valence-electron chi connectivity index (χ2n) is 8.17. The molecule has 8 heteroatoms. The van der Waals surface area contributed by atoms with Crippen molar-refractivity contribution in [1.82, 2.24) is 25.0 Å². The number of aliphatic hydroxyl groups excluding tert-OH is 1. The highest BCUT2D eigenvalue weighted by Crippen LogP contribution is 2.40. The number of likely N-dealkylation sites (tertiary alicyclic amines) is 2. The zero-order chi connectivity index (χ0) is 19.7. The molecular formula is C20H26ClN5O2. The Kier molecular flexibility index (Phi) is 5.40. The van der Waals surface area contributed by atoms with Crippen LogP contribution in [0.1, 0.15) is 41.0 Å². The fraction of sp³-hybridized carbons (Fsp3) is 0.550. The molecule has 0 bridgehead atoms. The van der Waals surface area contributed by atoms with Crippen LogP contribution >= 0.6 is 11.6 Å². The van der Waals surface area contributed by atoms with Gasteiger partial charge in [0.1, 0.15) is 0 Å². The first kappa shape index (κ1) is 19.4. The van der Waals surface area contributed by atoms with Crippen LogP contribution in [-0.4, -0.2) is 68.3 Å². The van der Waals surface area contributed by atoms with E-state index in [0.717, 1.165) is 50.3 Å². The Balaban J connectivity index is 1.41. The van der Waals surface area contributed by atoms with Crippen LogP contribution in [0, 0.1) is 12.3 Å². The number of β-amino-alcohol motifs (C(OH)–C–C–N with tert-alkyl or cyclic N) is 1. The lowest BCUT2D eigenvalue weighted by molar-refractivity contribution is -0.0338. The molecule has 2 fully saturated rings. The lowest BCUT2D eigenvalue weighted by Gasteiger charge is -2.49. The van der Waals surface area contributed by atoms with Crippen LogP contribution < -0.4 is 0 Å².